The number of thioether (sulfide) groups is 1. The summed E-state index contributed by atoms with van der Waals surface area (Å²) < 4.78 is 1.71. The van der Waals surface area contributed by atoms with Gasteiger partial charge in [-0.2, -0.15) is 5.10 Å². The molecule has 4 rings (SSSR count). The maximum absolute atomic E-state index is 12.6. The number of benzene rings is 2. The SMILES string of the molecule is Cc1ccc(SCCNC(=O)c2cnn3c(-c4ccccc4)ccnc23)cc1. The van der Waals surface area contributed by atoms with E-state index < -0.39 is 0 Å². The van der Waals surface area contributed by atoms with Crippen LogP contribution in [0, 0.1) is 6.92 Å². The van der Waals surface area contributed by atoms with Gasteiger partial charge in [0.05, 0.1) is 11.9 Å². The summed E-state index contributed by atoms with van der Waals surface area (Å²) in [5.41, 5.74) is 4.22. The fourth-order valence-corrected chi connectivity index (χ4v) is 3.71. The fourth-order valence-electron chi connectivity index (χ4n) is 2.94. The Labute approximate surface area is 167 Å². The van der Waals surface area contributed by atoms with Gasteiger partial charge in [0, 0.05) is 29.0 Å². The molecule has 0 aliphatic rings. The molecule has 0 bridgehead atoms. The fraction of sp³-hybridized carbons (Fsp3) is 0.136. The minimum Gasteiger partial charge on any atom is -0.351 e. The highest BCUT2D eigenvalue weighted by atomic mass is 32.2. The zero-order valence-corrected chi connectivity index (χ0v) is 16.3. The van der Waals surface area contributed by atoms with Crippen LogP contribution in [0.2, 0.25) is 0 Å². The second-order valence-corrected chi connectivity index (χ2v) is 7.58. The van der Waals surface area contributed by atoms with Gasteiger partial charge >= 0.3 is 0 Å². The average molecular weight is 388 g/mol. The number of aromatic nitrogens is 3. The van der Waals surface area contributed by atoms with E-state index >= 15 is 0 Å². The van der Waals surface area contributed by atoms with Crippen LogP contribution in [0.25, 0.3) is 16.9 Å². The van der Waals surface area contributed by atoms with E-state index in [1.54, 1.807) is 28.7 Å². The van der Waals surface area contributed by atoms with Gasteiger partial charge in [-0.3, -0.25) is 4.79 Å². The molecule has 0 unspecified atom stereocenters. The smallest absolute Gasteiger partial charge is 0.256 e. The molecule has 4 aromatic rings. The maximum Gasteiger partial charge on any atom is 0.256 e. The number of nitrogens with zero attached hydrogens (tertiary/aromatic N) is 3. The summed E-state index contributed by atoms with van der Waals surface area (Å²) in [6, 6.07) is 20.2. The molecule has 0 radical (unpaired) electrons. The van der Waals surface area contributed by atoms with Crippen molar-refractivity contribution in [3.63, 3.8) is 0 Å². The molecule has 2 aromatic carbocycles. The molecule has 0 saturated heterocycles. The van der Waals surface area contributed by atoms with Crippen LogP contribution in [0.1, 0.15) is 15.9 Å². The molecular formula is C22H20N4OS. The van der Waals surface area contributed by atoms with Gasteiger partial charge in [-0.05, 0) is 25.1 Å². The third kappa shape index (κ3) is 3.92. The Hall–Kier alpha value is -3.12. The second-order valence-electron chi connectivity index (χ2n) is 6.41. The summed E-state index contributed by atoms with van der Waals surface area (Å²) in [6.45, 7) is 2.65. The van der Waals surface area contributed by atoms with E-state index in [0.717, 1.165) is 17.0 Å². The first kappa shape index (κ1) is 18.3. The van der Waals surface area contributed by atoms with Crippen LogP contribution < -0.4 is 5.32 Å². The number of rotatable bonds is 6. The predicted octanol–water partition coefficient (Wildman–Crippen LogP) is 4.23. The highest BCUT2D eigenvalue weighted by Gasteiger charge is 2.15. The normalized spacial score (nSPS) is 10.9. The van der Waals surface area contributed by atoms with Crippen molar-refractivity contribution in [2.45, 2.75) is 11.8 Å². The van der Waals surface area contributed by atoms with Gasteiger partial charge < -0.3 is 5.32 Å². The Morgan fingerprint density at radius 2 is 1.86 bits per heavy atom. The van der Waals surface area contributed by atoms with Crippen molar-refractivity contribution in [2.75, 3.05) is 12.3 Å². The molecule has 5 nitrogen and oxygen atoms in total. The van der Waals surface area contributed by atoms with E-state index in [2.05, 4.69) is 46.6 Å². The molecule has 28 heavy (non-hydrogen) atoms. The number of hydrogen-bond donors (Lipinski definition) is 1. The van der Waals surface area contributed by atoms with Gasteiger partial charge in [-0.15, -0.1) is 11.8 Å². The van der Waals surface area contributed by atoms with E-state index in [9.17, 15) is 4.79 Å². The average Bonchev–Trinajstić information content (AvgIpc) is 3.17. The first-order valence-corrected chi connectivity index (χ1v) is 10.1. The first-order valence-electron chi connectivity index (χ1n) is 9.08. The third-order valence-electron chi connectivity index (χ3n) is 4.39. The Balaban J connectivity index is 1.44. The lowest BCUT2D eigenvalue weighted by Gasteiger charge is -2.06. The zero-order valence-electron chi connectivity index (χ0n) is 15.5. The second kappa shape index (κ2) is 8.27. The summed E-state index contributed by atoms with van der Waals surface area (Å²) in [4.78, 5) is 18.2. The number of amides is 1. The predicted molar refractivity (Wildman–Crippen MR) is 113 cm³/mol. The third-order valence-corrected chi connectivity index (χ3v) is 5.41. The minimum atomic E-state index is -0.155. The lowest BCUT2D eigenvalue weighted by Crippen LogP contribution is -2.25. The van der Waals surface area contributed by atoms with Gasteiger partial charge in [0.15, 0.2) is 5.65 Å². The van der Waals surface area contributed by atoms with Crippen LogP contribution in [0.3, 0.4) is 0 Å². The zero-order chi connectivity index (χ0) is 19.3. The monoisotopic (exact) mass is 388 g/mol. The summed E-state index contributed by atoms with van der Waals surface area (Å²) in [7, 11) is 0. The molecule has 0 fully saturated rings. The largest absolute Gasteiger partial charge is 0.351 e. The lowest BCUT2D eigenvalue weighted by molar-refractivity contribution is 0.0957. The molecule has 0 spiro atoms. The van der Waals surface area contributed by atoms with Gasteiger partial charge in [-0.1, -0.05) is 48.0 Å². The lowest BCUT2D eigenvalue weighted by atomic mass is 10.1. The van der Waals surface area contributed by atoms with Crippen molar-refractivity contribution in [3.05, 3.63) is 84.2 Å². The van der Waals surface area contributed by atoms with Crippen molar-refractivity contribution in [2.24, 2.45) is 0 Å². The highest BCUT2D eigenvalue weighted by molar-refractivity contribution is 7.99. The minimum absolute atomic E-state index is 0.155. The number of nitrogens with one attached hydrogen (secondary N) is 1. The van der Waals surface area contributed by atoms with Gasteiger partial charge in [0.2, 0.25) is 0 Å². The van der Waals surface area contributed by atoms with Crippen molar-refractivity contribution in [3.8, 4) is 11.3 Å². The van der Waals surface area contributed by atoms with Gasteiger partial charge in [-0.25, -0.2) is 9.50 Å². The maximum atomic E-state index is 12.6. The summed E-state index contributed by atoms with van der Waals surface area (Å²) >= 11 is 1.72. The van der Waals surface area contributed by atoms with Crippen LogP contribution >= 0.6 is 11.8 Å². The van der Waals surface area contributed by atoms with Crippen LogP contribution in [-0.2, 0) is 0 Å². The summed E-state index contributed by atoms with van der Waals surface area (Å²) in [6.07, 6.45) is 3.29. The Morgan fingerprint density at radius 3 is 2.64 bits per heavy atom. The Bertz CT molecular complexity index is 1090. The van der Waals surface area contributed by atoms with Gasteiger partial charge in [0.1, 0.15) is 5.56 Å². The highest BCUT2D eigenvalue weighted by Crippen LogP contribution is 2.21. The topological polar surface area (TPSA) is 59.3 Å². The van der Waals surface area contributed by atoms with Crippen molar-refractivity contribution in [1.29, 1.82) is 0 Å². The van der Waals surface area contributed by atoms with Crippen LogP contribution in [0.15, 0.2) is 78.0 Å². The first-order chi connectivity index (χ1) is 13.7. The molecule has 6 heteroatoms. The van der Waals surface area contributed by atoms with E-state index in [1.165, 1.54) is 10.5 Å². The quantitative estimate of drug-likeness (QED) is 0.397. The van der Waals surface area contributed by atoms with E-state index in [0.29, 0.717) is 17.8 Å². The standard InChI is InChI=1S/C22H20N4OS/c1-16-7-9-18(10-8-16)28-14-13-24-22(27)19-15-25-26-20(11-12-23-21(19)26)17-5-3-2-4-6-17/h2-12,15H,13-14H2,1H3,(H,24,27). The van der Waals surface area contributed by atoms with Crippen LogP contribution in [0.5, 0.6) is 0 Å². The summed E-state index contributed by atoms with van der Waals surface area (Å²) in [5, 5.41) is 7.35. The molecule has 1 amide bonds. The Kier molecular flexibility index (Phi) is 5.39. The number of hydrogen-bond acceptors (Lipinski definition) is 4. The van der Waals surface area contributed by atoms with Crippen molar-refractivity contribution >= 4 is 23.3 Å². The van der Waals surface area contributed by atoms with E-state index in [4.69, 9.17) is 0 Å². The summed E-state index contributed by atoms with van der Waals surface area (Å²) in [5.74, 6) is 0.647. The molecule has 0 aliphatic carbocycles. The van der Waals surface area contributed by atoms with E-state index in [1.807, 2.05) is 36.4 Å². The van der Waals surface area contributed by atoms with Crippen molar-refractivity contribution in [1.82, 2.24) is 19.9 Å². The molecule has 2 aromatic heterocycles. The van der Waals surface area contributed by atoms with E-state index in [-0.39, 0.29) is 5.91 Å². The van der Waals surface area contributed by atoms with Gasteiger partial charge in [0.25, 0.3) is 5.91 Å². The molecule has 2 heterocycles. The van der Waals surface area contributed by atoms with Crippen LogP contribution in [-0.4, -0.2) is 32.8 Å². The number of carbonyl (C=O) groups excluding carboxylic acids is 1. The number of fused-ring (bicyclic) bond motifs is 1. The molecule has 140 valence electrons. The Morgan fingerprint density at radius 1 is 1.07 bits per heavy atom. The number of aryl methyl sites for hydroxylation is 1. The molecule has 1 N–H and O–H groups in total. The van der Waals surface area contributed by atoms with Crippen molar-refractivity contribution < 1.29 is 4.79 Å². The number of carbonyl (C=O) groups is 1. The molecule has 0 atom stereocenters. The molecule has 0 aliphatic heterocycles. The molecule has 0 saturated carbocycles. The molecular weight excluding hydrogens is 368 g/mol. The van der Waals surface area contributed by atoms with Crippen LogP contribution in [0.4, 0.5) is 0 Å².